The van der Waals surface area contributed by atoms with Crippen LogP contribution in [-0.4, -0.2) is 24.7 Å². The average Bonchev–Trinajstić information content (AvgIpc) is 2.74. The van der Waals surface area contributed by atoms with Gasteiger partial charge in [-0.1, -0.05) is 12.2 Å². The number of nitrogens with zero attached hydrogens (tertiary/aromatic N) is 1. The first-order valence-corrected chi connectivity index (χ1v) is 6.29. The molecule has 0 saturated carbocycles. The molecule has 1 fully saturated rings. The summed E-state index contributed by atoms with van der Waals surface area (Å²) in [5.74, 6) is 0.846. The molecule has 2 N–H and O–H groups in total. The first kappa shape index (κ1) is 12.2. The molecule has 2 rings (SSSR count). The maximum absolute atomic E-state index is 5.78. The zero-order valence-corrected chi connectivity index (χ0v) is 11.1. The van der Waals surface area contributed by atoms with Crippen LogP contribution in [0.5, 0.6) is 5.75 Å². The first-order chi connectivity index (χ1) is 8.13. The number of hydrogen-bond donors (Lipinski definition) is 1. The van der Waals surface area contributed by atoms with Gasteiger partial charge in [-0.25, -0.2) is 0 Å². The van der Waals surface area contributed by atoms with Crippen molar-refractivity contribution in [3.8, 4) is 5.75 Å². The average molecular weight is 250 g/mol. The van der Waals surface area contributed by atoms with Crippen molar-refractivity contribution >= 4 is 22.9 Å². The number of thiocarbonyl (C=S) groups is 1. The molecule has 0 bridgehead atoms. The second-order valence-corrected chi connectivity index (χ2v) is 4.87. The van der Waals surface area contributed by atoms with Crippen molar-refractivity contribution in [1.82, 2.24) is 0 Å². The van der Waals surface area contributed by atoms with Crippen molar-refractivity contribution in [3.63, 3.8) is 0 Å². The molecule has 17 heavy (non-hydrogen) atoms. The fraction of sp³-hybridized carbons (Fsp3) is 0.462. The summed E-state index contributed by atoms with van der Waals surface area (Å²) >= 11 is 5.11. The molecule has 4 heteroatoms. The van der Waals surface area contributed by atoms with Crippen molar-refractivity contribution in [2.24, 2.45) is 5.73 Å². The van der Waals surface area contributed by atoms with Gasteiger partial charge in [0.2, 0.25) is 0 Å². The zero-order valence-electron chi connectivity index (χ0n) is 10.3. The van der Waals surface area contributed by atoms with Crippen LogP contribution in [0.4, 0.5) is 5.69 Å². The van der Waals surface area contributed by atoms with Crippen LogP contribution in [-0.2, 0) is 0 Å². The Bertz CT molecular complexity index is 433. The second-order valence-electron chi connectivity index (χ2n) is 4.43. The summed E-state index contributed by atoms with van der Waals surface area (Å²) in [6.07, 6.45) is 2.43. The minimum Gasteiger partial charge on any atom is -0.497 e. The lowest BCUT2D eigenvalue weighted by Gasteiger charge is -2.26. The summed E-state index contributed by atoms with van der Waals surface area (Å²) in [6, 6.07) is 6.41. The lowest BCUT2D eigenvalue weighted by atomic mass is 10.1. The highest BCUT2D eigenvalue weighted by Crippen LogP contribution is 2.31. The Morgan fingerprint density at radius 2 is 2.29 bits per heavy atom. The van der Waals surface area contributed by atoms with E-state index in [2.05, 4.69) is 11.8 Å². The van der Waals surface area contributed by atoms with E-state index in [4.69, 9.17) is 22.7 Å². The maximum Gasteiger partial charge on any atom is 0.120 e. The molecular formula is C13H18N2OS. The smallest absolute Gasteiger partial charge is 0.120 e. The second kappa shape index (κ2) is 4.92. The Hall–Kier alpha value is -1.29. The van der Waals surface area contributed by atoms with Gasteiger partial charge in [0.15, 0.2) is 0 Å². The normalized spacial score (nSPS) is 19.4. The highest BCUT2D eigenvalue weighted by Gasteiger charge is 2.23. The Balaban J connectivity index is 2.44. The SMILES string of the molecule is COc1ccc(C(N)=S)c(N2CCCC2C)c1. The topological polar surface area (TPSA) is 38.5 Å². The van der Waals surface area contributed by atoms with Gasteiger partial charge in [0.1, 0.15) is 10.7 Å². The molecule has 1 aromatic rings. The number of hydrogen-bond acceptors (Lipinski definition) is 3. The lowest BCUT2D eigenvalue weighted by Crippen LogP contribution is -2.28. The molecule has 3 nitrogen and oxygen atoms in total. The monoisotopic (exact) mass is 250 g/mol. The quantitative estimate of drug-likeness (QED) is 0.836. The van der Waals surface area contributed by atoms with Crippen molar-refractivity contribution in [2.45, 2.75) is 25.8 Å². The fourth-order valence-electron chi connectivity index (χ4n) is 2.38. The van der Waals surface area contributed by atoms with Crippen LogP contribution in [0.3, 0.4) is 0 Å². The third kappa shape index (κ3) is 2.36. The van der Waals surface area contributed by atoms with E-state index in [0.29, 0.717) is 11.0 Å². The summed E-state index contributed by atoms with van der Waals surface area (Å²) in [6.45, 7) is 3.29. The van der Waals surface area contributed by atoms with E-state index < -0.39 is 0 Å². The first-order valence-electron chi connectivity index (χ1n) is 5.88. The van der Waals surface area contributed by atoms with Crippen LogP contribution >= 0.6 is 12.2 Å². The van der Waals surface area contributed by atoms with Gasteiger partial charge < -0.3 is 15.4 Å². The van der Waals surface area contributed by atoms with E-state index in [0.717, 1.165) is 23.5 Å². The standard InChI is InChI=1S/C13H18N2OS/c1-9-4-3-7-15(9)12-8-10(16-2)5-6-11(12)13(14)17/h5-6,8-9H,3-4,7H2,1-2H3,(H2,14,17). The molecule has 0 aliphatic carbocycles. The fourth-order valence-corrected chi connectivity index (χ4v) is 2.55. The van der Waals surface area contributed by atoms with Crippen LogP contribution in [0.2, 0.25) is 0 Å². The number of ether oxygens (including phenoxy) is 1. The predicted molar refractivity (Wildman–Crippen MR) is 74.9 cm³/mol. The van der Waals surface area contributed by atoms with Gasteiger partial charge in [0.05, 0.1) is 12.8 Å². The van der Waals surface area contributed by atoms with E-state index in [1.54, 1.807) is 7.11 Å². The molecule has 0 radical (unpaired) electrons. The van der Waals surface area contributed by atoms with E-state index in [1.807, 2.05) is 18.2 Å². The molecule has 1 aliphatic rings. The largest absolute Gasteiger partial charge is 0.497 e. The Morgan fingerprint density at radius 3 is 2.82 bits per heavy atom. The summed E-state index contributed by atoms with van der Waals surface area (Å²) < 4.78 is 5.27. The molecule has 0 amide bonds. The highest BCUT2D eigenvalue weighted by atomic mass is 32.1. The zero-order chi connectivity index (χ0) is 12.4. The number of nitrogens with two attached hydrogens (primary N) is 1. The van der Waals surface area contributed by atoms with Crippen LogP contribution in [0, 0.1) is 0 Å². The molecule has 0 spiro atoms. The minimum atomic E-state index is 0.446. The third-order valence-corrected chi connectivity index (χ3v) is 3.55. The van der Waals surface area contributed by atoms with Gasteiger partial charge in [0.25, 0.3) is 0 Å². The summed E-state index contributed by atoms with van der Waals surface area (Å²) in [4.78, 5) is 2.80. The van der Waals surface area contributed by atoms with E-state index in [-0.39, 0.29) is 0 Å². The van der Waals surface area contributed by atoms with E-state index in [1.165, 1.54) is 12.8 Å². The summed E-state index contributed by atoms with van der Waals surface area (Å²) in [5, 5.41) is 0. The minimum absolute atomic E-state index is 0.446. The number of benzene rings is 1. The van der Waals surface area contributed by atoms with Crippen LogP contribution in [0.15, 0.2) is 18.2 Å². The molecule has 0 aromatic heterocycles. The molecule has 1 heterocycles. The van der Waals surface area contributed by atoms with E-state index in [9.17, 15) is 0 Å². The van der Waals surface area contributed by atoms with Gasteiger partial charge in [-0.15, -0.1) is 0 Å². The van der Waals surface area contributed by atoms with Crippen molar-refractivity contribution in [3.05, 3.63) is 23.8 Å². The molecule has 1 unspecified atom stereocenters. The van der Waals surface area contributed by atoms with Crippen LogP contribution in [0.1, 0.15) is 25.3 Å². The predicted octanol–water partition coefficient (Wildman–Crippen LogP) is 2.32. The maximum atomic E-state index is 5.78. The van der Waals surface area contributed by atoms with Gasteiger partial charge in [-0.05, 0) is 31.9 Å². The van der Waals surface area contributed by atoms with Crippen molar-refractivity contribution in [2.75, 3.05) is 18.6 Å². The Kier molecular flexibility index (Phi) is 3.52. The van der Waals surface area contributed by atoms with Crippen LogP contribution < -0.4 is 15.4 Å². The molecular weight excluding hydrogens is 232 g/mol. The highest BCUT2D eigenvalue weighted by molar-refractivity contribution is 7.80. The molecule has 92 valence electrons. The summed E-state index contributed by atoms with van der Waals surface area (Å²) in [7, 11) is 1.67. The molecule has 1 aromatic carbocycles. The number of methoxy groups -OCH3 is 1. The Labute approximate surface area is 108 Å². The van der Waals surface area contributed by atoms with Crippen molar-refractivity contribution < 1.29 is 4.74 Å². The van der Waals surface area contributed by atoms with Gasteiger partial charge >= 0.3 is 0 Å². The Morgan fingerprint density at radius 1 is 1.53 bits per heavy atom. The summed E-state index contributed by atoms with van der Waals surface area (Å²) in [5.41, 5.74) is 7.82. The van der Waals surface area contributed by atoms with Gasteiger partial charge in [0, 0.05) is 24.2 Å². The molecule has 1 atom stereocenters. The van der Waals surface area contributed by atoms with Crippen LogP contribution in [0.25, 0.3) is 0 Å². The number of anilines is 1. The van der Waals surface area contributed by atoms with Crippen molar-refractivity contribution in [1.29, 1.82) is 0 Å². The number of rotatable bonds is 3. The van der Waals surface area contributed by atoms with Gasteiger partial charge in [-0.2, -0.15) is 0 Å². The van der Waals surface area contributed by atoms with Gasteiger partial charge in [-0.3, -0.25) is 0 Å². The van der Waals surface area contributed by atoms with E-state index >= 15 is 0 Å². The molecule has 1 aliphatic heterocycles. The lowest BCUT2D eigenvalue weighted by molar-refractivity contribution is 0.414. The third-order valence-electron chi connectivity index (χ3n) is 3.33. The molecule has 1 saturated heterocycles.